The van der Waals surface area contributed by atoms with Gasteiger partial charge in [-0.15, -0.1) is 11.3 Å². The fraction of sp³-hybridized carbons (Fsp3) is 0.167. The second-order valence-electron chi connectivity index (χ2n) is 3.97. The molecule has 0 saturated carbocycles. The maximum absolute atomic E-state index is 4.67. The molecule has 78 valence electrons. The Bertz CT molecular complexity index is 680. The Morgan fingerprint density at radius 1 is 1.31 bits per heavy atom. The van der Waals surface area contributed by atoms with Crippen molar-refractivity contribution in [2.75, 3.05) is 0 Å². The van der Waals surface area contributed by atoms with Gasteiger partial charge in [-0.3, -0.25) is 4.98 Å². The standard InChI is InChI=1S/C12H9N3S/c1-2-10-8(3-6-16-10)12-9(1)15-5-4-13-7-11(15)14-12/h3-7H,1-2H2. The molecular formula is C12H9N3S. The van der Waals surface area contributed by atoms with Crippen molar-refractivity contribution >= 4 is 17.0 Å². The number of hydrogen-bond acceptors (Lipinski definition) is 3. The zero-order chi connectivity index (χ0) is 10.5. The number of thiophene rings is 1. The molecule has 16 heavy (non-hydrogen) atoms. The lowest BCUT2D eigenvalue weighted by Crippen LogP contribution is -2.02. The fourth-order valence-electron chi connectivity index (χ4n) is 2.39. The number of fused-ring (bicyclic) bond motifs is 5. The highest BCUT2D eigenvalue weighted by molar-refractivity contribution is 7.10. The molecule has 3 aromatic heterocycles. The van der Waals surface area contributed by atoms with Crippen molar-refractivity contribution < 1.29 is 0 Å². The van der Waals surface area contributed by atoms with Crippen molar-refractivity contribution in [3.8, 4) is 11.3 Å². The third-order valence-corrected chi connectivity index (χ3v) is 4.10. The van der Waals surface area contributed by atoms with E-state index in [2.05, 4.69) is 25.8 Å². The van der Waals surface area contributed by atoms with E-state index in [1.165, 1.54) is 16.1 Å². The Labute approximate surface area is 96.4 Å². The van der Waals surface area contributed by atoms with E-state index in [-0.39, 0.29) is 0 Å². The first-order valence-electron chi connectivity index (χ1n) is 5.31. The first-order chi connectivity index (χ1) is 7.93. The van der Waals surface area contributed by atoms with Crippen LogP contribution in [0, 0.1) is 0 Å². The van der Waals surface area contributed by atoms with Crippen LogP contribution < -0.4 is 0 Å². The van der Waals surface area contributed by atoms with Gasteiger partial charge in [0.15, 0.2) is 5.65 Å². The third kappa shape index (κ3) is 0.971. The van der Waals surface area contributed by atoms with Crippen molar-refractivity contribution in [3.63, 3.8) is 0 Å². The number of aryl methyl sites for hydroxylation is 2. The molecule has 0 atom stereocenters. The van der Waals surface area contributed by atoms with Crippen LogP contribution in [0.4, 0.5) is 0 Å². The van der Waals surface area contributed by atoms with Crippen LogP contribution in [-0.4, -0.2) is 14.4 Å². The summed E-state index contributed by atoms with van der Waals surface area (Å²) in [6.45, 7) is 0. The monoisotopic (exact) mass is 227 g/mol. The summed E-state index contributed by atoms with van der Waals surface area (Å²) in [5.41, 5.74) is 4.74. The predicted octanol–water partition coefficient (Wildman–Crippen LogP) is 2.56. The molecule has 4 rings (SSSR count). The molecule has 0 aromatic carbocycles. The van der Waals surface area contributed by atoms with Crippen molar-refractivity contribution in [2.45, 2.75) is 12.8 Å². The van der Waals surface area contributed by atoms with Crippen molar-refractivity contribution in [1.29, 1.82) is 0 Å². The molecule has 3 heterocycles. The van der Waals surface area contributed by atoms with Gasteiger partial charge >= 0.3 is 0 Å². The van der Waals surface area contributed by atoms with E-state index in [0.717, 1.165) is 24.2 Å². The smallest absolute Gasteiger partial charge is 0.156 e. The highest BCUT2D eigenvalue weighted by Crippen LogP contribution is 2.36. The predicted molar refractivity (Wildman–Crippen MR) is 63.7 cm³/mol. The average molecular weight is 227 g/mol. The molecule has 0 spiro atoms. The van der Waals surface area contributed by atoms with Crippen LogP contribution in [0.2, 0.25) is 0 Å². The molecule has 1 aliphatic rings. The lowest BCUT2D eigenvalue weighted by atomic mass is 10.0. The van der Waals surface area contributed by atoms with Gasteiger partial charge < -0.3 is 4.40 Å². The van der Waals surface area contributed by atoms with Gasteiger partial charge in [-0.1, -0.05) is 0 Å². The minimum Gasteiger partial charge on any atom is -0.301 e. The zero-order valence-corrected chi connectivity index (χ0v) is 9.37. The van der Waals surface area contributed by atoms with Gasteiger partial charge in [0, 0.05) is 22.8 Å². The molecule has 0 unspecified atom stereocenters. The Morgan fingerprint density at radius 2 is 2.31 bits per heavy atom. The van der Waals surface area contributed by atoms with Gasteiger partial charge in [0.2, 0.25) is 0 Å². The SMILES string of the molecule is c1cn2c3c(nc2cn1)-c1ccsc1CC3. The van der Waals surface area contributed by atoms with Crippen LogP contribution in [0.3, 0.4) is 0 Å². The summed E-state index contributed by atoms with van der Waals surface area (Å²) in [5, 5.41) is 2.15. The Balaban J connectivity index is 2.13. The largest absolute Gasteiger partial charge is 0.301 e. The molecule has 0 bridgehead atoms. The maximum atomic E-state index is 4.67. The summed E-state index contributed by atoms with van der Waals surface area (Å²) in [7, 11) is 0. The quantitative estimate of drug-likeness (QED) is 0.591. The highest BCUT2D eigenvalue weighted by Gasteiger charge is 2.21. The Morgan fingerprint density at radius 3 is 3.31 bits per heavy atom. The molecule has 0 saturated heterocycles. The maximum Gasteiger partial charge on any atom is 0.156 e. The summed E-state index contributed by atoms with van der Waals surface area (Å²) in [4.78, 5) is 10.3. The van der Waals surface area contributed by atoms with Crippen LogP contribution in [0.25, 0.3) is 16.9 Å². The molecule has 3 aromatic rings. The minimum absolute atomic E-state index is 0.951. The molecular weight excluding hydrogens is 218 g/mol. The van der Waals surface area contributed by atoms with E-state index in [9.17, 15) is 0 Å². The molecule has 0 fully saturated rings. The van der Waals surface area contributed by atoms with Gasteiger partial charge in [-0.2, -0.15) is 0 Å². The fourth-order valence-corrected chi connectivity index (χ4v) is 3.27. The highest BCUT2D eigenvalue weighted by atomic mass is 32.1. The number of nitrogens with zero attached hydrogens (tertiary/aromatic N) is 3. The van der Waals surface area contributed by atoms with Gasteiger partial charge in [-0.05, 0) is 24.3 Å². The van der Waals surface area contributed by atoms with E-state index in [1.807, 2.05) is 29.9 Å². The van der Waals surface area contributed by atoms with E-state index in [1.54, 1.807) is 0 Å². The van der Waals surface area contributed by atoms with Crippen LogP contribution in [0.1, 0.15) is 10.6 Å². The van der Waals surface area contributed by atoms with Crippen molar-refractivity contribution in [3.05, 3.63) is 40.6 Å². The normalized spacial score (nSPS) is 13.8. The van der Waals surface area contributed by atoms with Gasteiger partial charge in [-0.25, -0.2) is 4.98 Å². The summed E-state index contributed by atoms with van der Waals surface area (Å²) in [6.07, 6.45) is 7.85. The summed E-state index contributed by atoms with van der Waals surface area (Å²) >= 11 is 1.83. The molecule has 0 N–H and O–H groups in total. The topological polar surface area (TPSA) is 30.2 Å². The number of imidazole rings is 1. The second-order valence-corrected chi connectivity index (χ2v) is 4.97. The molecule has 3 nitrogen and oxygen atoms in total. The third-order valence-electron chi connectivity index (χ3n) is 3.12. The lowest BCUT2D eigenvalue weighted by molar-refractivity contribution is 0.891. The van der Waals surface area contributed by atoms with E-state index in [0.29, 0.717) is 0 Å². The van der Waals surface area contributed by atoms with Gasteiger partial charge in [0.25, 0.3) is 0 Å². The Kier molecular flexibility index (Phi) is 1.54. The first kappa shape index (κ1) is 8.47. The van der Waals surface area contributed by atoms with Gasteiger partial charge in [0.1, 0.15) is 0 Å². The number of rotatable bonds is 0. The summed E-state index contributed by atoms with van der Waals surface area (Å²) in [5.74, 6) is 0. The van der Waals surface area contributed by atoms with Gasteiger partial charge in [0.05, 0.1) is 17.6 Å². The average Bonchev–Trinajstić information content (AvgIpc) is 2.92. The molecule has 0 aliphatic heterocycles. The minimum atomic E-state index is 0.951. The molecule has 0 amide bonds. The molecule has 1 aliphatic carbocycles. The second kappa shape index (κ2) is 2.92. The van der Waals surface area contributed by atoms with Crippen molar-refractivity contribution in [2.24, 2.45) is 0 Å². The van der Waals surface area contributed by atoms with Crippen LogP contribution >= 0.6 is 11.3 Å². The summed E-state index contributed by atoms with van der Waals surface area (Å²) < 4.78 is 2.16. The number of hydrogen-bond donors (Lipinski definition) is 0. The summed E-state index contributed by atoms with van der Waals surface area (Å²) in [6, 6.07) is 2.18. The van der Waals surface area contributed by atoms with E-state index >= 15 is 0 Å². The van der Waals surface area contributed by atoms with E-state index < -0.39 is 0 Å². The van der Waals surface area contributed by atoms with Crippen LogP contribution in [-0.2, 0) is 12.8 Å². The van der Waals surface area contributed by atoms with Crippen LogP contribution in [0.5, 0.6) is 0 Å². The zero-order valence-electron chi connectivity index (χ0n) is 8.55. The molecule has 0 radical (unpaired) electrons. The van der Waals surface area contributed by atoms with Crippen molar-refractivity contribution in [1.82, 2.24) is 14.4 Å². The van der Waals surface area contributed by atoms with E-state index in [4.69, 9.17) is 0 Å². The first-order valence-corrected chi connectivity index (χ1v) is 6.19. The Hall–Kier alpha value is -1.68. The lowest BCUT2D eigenvalue weighted by Gasteiger charge is -2.11. The molecule has 4 heteroatoms. The number of aromatic nitrogens is 3. The van der Waals surface area contributed by atoms with Crippen LogP contribution in [0.15, 0.2) is 30.0 Å².